The van der Waals surface area contributed by atoms with Crippen LogP contribution >= 0.6 is 0 Å². The molecule has 1 aromatic carbocycles. The number of ether oxygens (including phenoxy) is 1. The van der Waals surface area contributed by atoms with Crippen molar-refractivity contribution in [3.05, 3.63) is 47.5 Å². The maximum Gasteiger partial charge on any atom is 0.253 e. The molecule has 1 aromatic heterocycles. The Hall–Kier alpha value is -2.30. The Morgan fingerprint density at radius 1 is 1.30 bits per heavy atom. The molecule has 0 bridgehead atoms. The molecule has 0 unspecified atom stereocenters. The summed E-state index contributed by atoms with van der Waals surface area (Å²) in [5.41, 5.74) is 1.90. The van der Waals surface area contributed by atoms with Crippen molar-refractivity contribution in [1.29, 1.82) is 0 Å². The van der Waals surface area contributed by atoms with Gasteiger partial charge in [0.2, 0.25) is 0 Å². The number of hydrogen-bond donors (Lipinski definition) is 0. The maximum absolute atomic E-state index is 12.5. The van der Waals surface area contributed by atoms with E-state index < -0.39 is 0 Å². The number of rotatable bonds is 5. The lowest BCUT2D eigenvalue weighted by Crippen LogP contribution is -2.49. The zero-order chi connectivity index (χ0) is 16.4. The smallest absolute Gasteiger partial charge is 0.253 e. The zero-order valence-corrected chi connectivity index (χ0v) is 14.0. The molecule has 0 spiro atoms. The number of hydrogen-bond acceptors (Lipinski definition) is 3. The summed E-state index contributed by atoms with van der Waals surface area (Å²) in [6.45, 7) is 6.73. The summed E-state index contributed by atoms with van der Waals surface area (Å²) in [5, 5.41) is 0. The van der Waals surface area contributed by atoms with Crippen LogP contribution in [0, 0.1) is 6.92 Å². The van der Waals surface area contributed by atoms with Crippen molar-refractivity contribution in [3.8, 4) is 5.75 Å². The summed E-state index contributed by atoms with van der Waals surface area (Å²) in [6, 6.07) is 7.27. The van der Waals surface area contributed by atoms with E-state index >= 15 is 0 Å². The van der Waals surface area contributed by atoms with Crippen LogP contribution in [0.1, 0.15) is 41.1 Å². The van der Waals surface area contributed by atoms with Gasteiger partial charge in [-0.3, -0.25) is 4.79 Å². The summed E-state index contributed by atoms with van der Waals surface area (Å²) in [6.07, 6.45) is 3.02. The fourth-order valence-corrected chi connectivity index (χ4v) is 3.04. The Labute approximate surface area is 136 Å². The summed E-state index contributed by atoms with van der Waals surface area (Å²) in [7, 11) is 1.62. The molecule has 1 aliphatic heterocycles. The molecule has 0 saturated carbocycles. The van der Waals surface area contributed by atoms with Crippen molar-refractivity contribution in [3.63, 3.8) is 0 Å². The van der Waals surface area contributed by atoms with E-state index in [1.54, 1.807) is 7.11 Å². The molecule has 2 aromatic rings. The topological polar surface area (TPSA) is 47.4 Å². The van der Waals surface area contributed by atoms with Crippen molar-refractivity contribution in [1.82, 2.24) is 14.5 Å². The third kappa shape index (κ3) is 2.96. The molecule has 5 heteroatoms. The van der Waals surface area contributed by atoms with Gasteiger partial charge in [-0.25, -0.2) is 4.98 Å². The van der Waals surface area contributed by atoms with Gasteiger partial charge in [-0.1, -0.05) is 6.92 Å². The van der Waals surface area contributed by atoms with E-state index in [-0.39, 0.29) is 5.91 Å². The quantitative estimate of drug-likeness (QED) is 0.853. The van der Waals surface area contributed by atoms with Crippen LogP contribution in [0.25, 0.3) is 0 Å². The van der Waals surface area contributed by atoms with Gasteiger partial charge in [-0.2, -0.15) is 0 Å². The van der Waals surface area contributed by atoms with Gasteiger partial charge in [0.25, 0.3) is 5.91 Å². The van der Waals surface area contributed by atoms with Gasteiger partial charge in [0, 0.05) is 37.1 Å². The van der Waals surface area contributed by atoms with Crippen LogP contribution in [-0.2, 0) is 6.54 Å². The Morgan fingerprint density at radius 3 is 2.61 bits per heavy atom. The van der Waals surface area contributed by atoms with Gasteiger partial charge in [0.1, 0.15) is 11.6 Å². The molecule has 0 radical (unpaired) electrons. The highest BCUT2D eigenvalue weighted by Gasteiger charge is 2.35. The second-order valence-electron chi connectivity index (χ2n) is 6.04. The monoisotopic (exact) mass is 313 g/mol. The lowest BCUT2D eigenvalue weighted by atomic mass is 9.97. The van der Waals surface area contributed by atoms with Crippen molar-refractivity contribution >= 4 is 5.91 Å². The van der Waals surface area contributed by atoms with Crippen LogP contribution in [0.5, 0.6) is 5.75 Å². The normalized spacial score (nSPS) is 14.7. The largest absolute Gasteiger partial charge is 0.497 e. The highest BCUT2D eigenvalue weighted by molar-refractivity contribution is 5.95. The van der Waals surface area contributed by atoms with Gasteiger partial charge < -0.3 is 14.2 Å². The second kappa shape index (κ2) is 6.44. The molecular weight excluding hydrogens is 290 g/mol. The first kappa shape index (κ1) is 15.6. The first-order valence-electron chi connectivity index (χ1n) is 8.09. The minimum atomic E-state index is 0.0780. The molecule has 23 heavy (non-hydrogen) atoms. The van der Waals surface area contributed by atoms with Crippen LogP contribution in [0.2, 0.25) is 0 Å². The number of carbonyl (C=O) groups is 1. The highest BCUT2D eigenvalue weighted by atomic mass is 16.5. The molecule has 1 saturated heterocycles. The van der Waals surface area contributed by atoms with Crippen LogP contribution in [0.4, 0.5) is 0 Å². The summed E-state index contributed by atoms with van der Waals surface area (Å²) >= 11 is 0. The van der Waals surface area contributed by atoms with Gasteiger partial charge in [-0.05, 0) is 37.6 Å². The fraction of sp³-hybridized carbons (Fsp3) is 0.444. The fourth-order valence-electron chi connectivity index (χ4n) is 3.04. The summed E-state index contributed by atoms with van der Waals surface area (Å²) in [5.74, 6) is 2.30. The van der Waals surface area contributed by atoms with E-state index in [1.807, 2.05) is 35.4 Å². The number of benzene rings is 1. The van der Waals surface area contributed by atoms with Crippen molar-refractivity contribution < 1.29 is 9.53 Å². The Morgan fingerprint density at radius 2 is 2.00 bits per heavy atom. The van der Waals surface area contributed by atoms with E-state index in [1.165, 1.54) is 5.69 Å². The van der Waals surface area contributed by atoms with Crippen LogP contribution in [0.3, 0.4) is 0 Å². The lowest BCUT2D eigenvalue weighted by molar-refractivity contribution is 0.0591. The summed E-state index contributed by atoms with van der Waals surface area (Å²) in [4.78, 5) is 18.9. The SMILES string of the molecule is CCCn1c(C)cnc1C1CN(C(=O)c2ccc(OC)cc2)C1. The molecule has 2 heterocycles. The van der Waals surface area contributed by atoms with Crippen LogP contribution < -0.4 is 4.74 Å². The van der Waals surface area contributed by atoms with Gasteiger partial charge in [0.05, 0.1) is 13.0 Å². The van der Waals surface area contributed by atoms with E-state index in [2.05, 4.69) is 23.4 Å². The minimum Gasteiger partial charge on any atom is -0.497 e. The average Bonchev–Trinajstić information content (AvgIpc) is 2.88. The number of carbonyl (C=O) groups excluding carboxylic acids is 1. The molecule has 1 fully saturated rings. The average molecular weight is 313 g/mol. The molecule has 5 nitrogen and oxygen atoms in total. The number of aryl methyl sites for hydroxylation is 1. The number of aromatic nitrogens is 2. The third-order valence-electron chi connectivity index (χ3n) is 4.40. The predicted molar refractivity (Wildman–Crippen MR) is 88.9 cm³/mol. The lowest BCUT2D eigenvalue weighted by Gasteiger charge is -2.39. The number of imidazole rings is 1. The number of amides is 1. The van der Waals surface area contributed by atoms with Crippen LogP contribution in [-0.4, -0.2) is 40.6 Å². The van der Waals surface area contributed by atoms with Gasteiger partial charge >= 0.3 is 0 Å². The van der Waals surface area contributed by atoms with Gasteiger partial charge in [0.15, 0.2) is 0 Å². The Bertz CT molecular complexity index is 685. The second-order valence-corrected chi connectivity index (χ2v) is 6.04. The Kier molecular flexibility index (Phi) is 4.37. The van der Waals surface area contributed by atoms with E-state index in [4.69, 9.17) is 4.74 Å². The molecule has 0 atom stereocenters. The maximum atomic E-state index is 12.5. The first-order valence-corrected chi connectivity index (χ1v) is 8.09. The van der Waals surface area contributed by atoms with E-state index in [9.17, 15) is 4.79 Å². The third-order valence-corrected chi connectivity index (χ3v) is 4.40. The molecule has 1 aliphatic rings. The van der Waals surface area contributed by atoms with Crippen molar-refractivity contribution in [2.75, 3.05) is 20.2 Å². The van der Waals surface area contributed by atoms with Crippen LogP contribution in [0.15, 0.2) is 30.5 Å². The van der Waals surface area contributed by atoms with Crippen molar-refractivity contribution in [2.45, 2.75) is 32.7 Å². The number of likely N-dealkylation sites (tertiary alicyclic amines) is 1. The summed E-state index contributed by atoms with van der Waals surface area (Å²) < 4.78 is 7.40. The van der Waals surface area contributed by atoms with E-state index in [0.717, 1.165) is 37.6 Å². The molecular formula is C18H23N3O2. The zero-order valence-electron chi connectivity index (χ0n) is 14.0. The number of methoxy groups -OCH3 is 1. The van der Waals surface area contributed by atoms with Gasteiger partial charge in [-0.15, -0.1) is 0 Å². The molecule has 122 valence electrons. The van der Waals surface area contributed by atoms with Crippen molar-refractivity contribution in [2.24, 2.45) is 0 Å². The molecule has 3 rings (SSSR count). The highest BCUT2D eigenvalue weighted by Crippen LogP contribution is 2.28. The Balaban J connectivity index is 1.65. The predicted octanol–water partition coefficient (Wildman–Crippen LogP) is 2.85. The molecule has 1 amide bonds. The van der Waals surface area contributed by atoms with E-state index in [0.29, 0.717) is 11.5 Å². The molecule has 0 N–H and O–H groups in total. The standard InChI is InChI=1S/C18H23N3O2/c1-4-9-21-13(2)10-19-17(21)15-11-20(12-15)18(22)14-5-7-16(23-3)8-6-14/h5-8,10,15H,4,9,11-12H2,1-3H3. The molecule has 0 aliphatic carbocycles. The number of nitrogens with zero attached hydrogens (tertiary/aromatic N) is 3. The minimum absolute atomic E-state index is 0.0780. The first-order chi connectivity index (χ1) is 11.1.